The molecule has 0 atom stereocenters. The zero-order valence-corrected chi connectivity index (χ0v) is 12.9. The van der Waals surface area contributed by atoms with Gasteiger partial charge in [-0.15, -0.1) is 0 Å². The Labute approximate surface area is 128 Å². The van der Waals surface area contributed by atoms with Gasteiger partial charge in [-0.2, -0.15) is 0 Å². The van der Waals surface area contributed by atoms with Crippen molar-refractivity contribution in [3.63, 3.8) is 0 Å². The molecule has 1 aromatic heterocycles. The van der Waals surface area contributed by atoms with Gasteiger partial charge in [-0.05, 0) is 49.2 Å². The van der Waals surface area contributed by atoms with Gasteiger partial charge in [0.1, 0.15) is 11.6 Å². The molecule has 0 radical (unpaired) electrons. The molecule has 4 heteroatoms. The van der Waals surface area contributed by atoms with E-state index in [9.17, 15) is 5.11 Å². The molecule has 1 N–H and O–H groups in total. The normalized spacial score (nSPS) is 11.2. The van der Waals surface area contributed by atoms with E-state index in [2.05, 4.69) is 11.5 Å². The second-order valence-electron chi connectivity index (χ2n) is 5.19. The molecule has 3 rings (SSSR count). The van der Waals surface area contributed by atoms with Crippen molar-refractivity contribution < 1.29 is 5.11 Å². The maximum absolute atomic E-state index is 9.59. The Hall–Kier alpha value is -2.00. The summed E-state index contributed by atoms with van der Waals surface area (Å²) in [6.45, 7) is 4.97. The summed E-state index contributed by atoms with van der Waals surface area (Å²) in [5.41, 5.74) is 3.90. The quantitative estimate of drug-likeness (QED) is 0.756. The Balaban J connectivity index is 2.31. The zero-order valence-electron chi connectivity index (χ0n) is 12.1. The number of rotatable bonds is 3. The first-order chi connectivity index (χ1) is 10.1. The molecule has 108 valence electrons. The predicted octanol–water partition coefficient (Wildman–Crippen LogP) is 4.78. The van der Waals surface area contributed by atoms with Crippen molar-refractivity contribution in [2.45, 2.75) is 26.8 Å². The van der Waals surface area contributed by atoms with Gasteiger partial charge in [0.15, 0.2) is 0 Å². The Morgan fingerprint density at radius 1 is 1.24 bits per heavy atom. The van der Waals surface area contributed by atoms with Crippen LogP contribution in [0.15, 0.2) is 36.4 Å². The highest BCUT2D eigenvalue weighted by Gasteiger charge is 2.16. The summed E-state index contributed by atoms with van der Waals surface area (Å²) in [7, 11) is 0. The van der Waals surface area contributed by atoms with Crippen LogP contribution in [0.25, 0.3) is 22.4 Å². The highest BCUT2D eigenvalue weighted by Crippen LogP contribution is 2.32. The van der Waals surface area contributed by atoms with E-state index in [1.165, 1.54) is 0 Å². The van der Waals surface area contributed by atoms with E-state index in [4.69, 9.17) is 16.6 Å². The minimum atomic E-state index is 0.271. The van der Waals surface area contributed by atoms with Gasteiger partial charge >= 0.3 is 0 Å². The van der Waals surface area contributed by atoms with Crippen LogP contribution in [0.4, 0.5) is 0 Å². The van der Waals surface area contributed by atoms with E-state index in [0.29, 0.717) is 0 Å². The van der Waals surface area contributed by atoms with Gasteiger partial charge in [-0.1, -0.05) is 24.6 Å². The Morgan fingerprint density at radius 2 is 2.05 bits per heavy atom. The fourth-order valence-electron chi connectivity index (χ4n) is 2.69. The molecule has 0 fully saturated rings. The summed E-state index contributed by atoms with van der Waals surface area (Å²) in [5.74, 6) is 1.17. The molecule has 2 aromatic carbocycles. The van der Waals surface area contributed by atoms with Crippen LogP contribution in [0.1, 0.15) is 18.9 Å². The second kappa shape index (κ2) is 5.41. The molecule has 0 aliphatic rings. The van der Waals surface area contributed by atoms with Crippen molar-refractivity contribution in [2.75, 3.05) is 0 Å². The summed E-state index contributed by atoms with van der Waals surface area (Å²) in [6.07, 6.45) is 1.00. The molecule has 0 aliphatic heterocycles. The number of para-hydroxylation sites is 1. The number of imidazole rings is 1. The van der Waals surface area contributed by atoms with Crippen LogP contribution >= 0.6 is 11.6 Å². The number of hydrogen-bond acceptors (Lipinski definition) is 2. The highest BCUT2D eigenvalue weighted by atomic mass is 35.5. The molecular weight excluding hydrogens is 284 g/mol. The maximum Gasteiger partial charge on any atom is 0.141 e. The smallest absolute Gasteiger partial charge is 0.141 e. The van der Waals surface area contributed by atoms with E-state index >= 15 is 0 Å². The van der Waals surface area contributed by atoms with E-state index < -0.39 is 0 Å². The number of aromatic hydroxyl groups is 1. The molecule has 3 nitrogen and oxygen atoms in total. The molecule has 3 aromatic rings. The molecule has 0 bridgehead atoms. The number of benzene rings is 2. The molecular formula is C17H17ClN2O. The summed E-state index contributed by atoms with van der Waals surface area (Å²) in [4.78, 5) is 4.75. The number of phenols is 1. The van der Waals surface area contributed by atoms with Crippen molar-refractivity contribution in [3.8, 4) is 17.1 Å². The van der Waals surface area contributed by atoms with Gasteiger partial charge < -0.3 is 9.67 Å². The number of nitrogens with zero attached hydrogens (tertiary/aromatic N) is 2. The molecule has 0 unspecified atom stereocenters. The number of aromatic nitrogens is 2. The van der Waals surface area contributed by atoms with Crippen molar-refractivity contribution in [2.24, 2.45) is 0 Å². The number of fused-ring (bicyclic) bond motifs is 1. The third-order valence-electron chi connectivity index (χ3n) is 3.62. The Morgan fingerprint density at radius 3 is 2.76 bits per heavy atom. The van der Waals surface area contributed by atoms with Gasteiger partial charge in [-0.3, -0.25) is 0 Å². The lowest BCUT2D eigenvalue weighted by molar-refractivity contribution is 0.475. The first-order valence-electron chi connectivity index (χ1n) is 7.06. The lowest BCUT2D eigenvalue weighted by atomic mass is 10.1. The number of aryl methyl sites for hydroxylation is 2. The maximum atomic E-state index is 9.59. The van der Waals surface area contributed by atoms with Crippen LogP contribution in [0.2, 0.25) is 5.02 Å². The van der Waals surface area contributed by atoms with E-state index in [1.807, 2.05) is 31.2 Å². The van der Waals surface area contributed by atoms with Gasteiger partial charge in [0.2, 0.25) is 0 Å². The Bertz CT molecular complexity index is 808. The topological polar surface area (TPSA) is 38.0 Å². The number of hydrogen-bond donors (Lipinski definition) is 1. The summed E-state index contributed by atoms with van der Waals surface area (Å²) < 4.78 is 2.16. The molecule has 0 saturated carbocycles. The van der Waals surface area contributed by atoms with Gasteiger partial charge in [0.05, 0.1) is 16.1 Å². The SMILES string of the molecule is CCCn1c(-c2ccc(O)cc2C)nc2cccc(Cl)c21. The van der Waals surface area contributed by atoms with Crippen molar-refractivity contribution in [1.82, 2.24) is 9.55 Å². The lowest BCUT2D eigenvalue weighted by Gasteiger charge is -2.10. The number of halogens is 1. The van der Waals surface area contributed by atoms with Crippen molar-refractivity contribution >= 4 is 22.6 Å². The Kier molecular flexibility index (Phi) is 3.60. The highest BCUT2D eigenvalue weighted by molar-refractivity contribution is 6.35. The molecule has 0 spiro atoms. The van der Waals surface area contributed by atoms with Gasteiger partial charge in [0, 0.05) is 12.1 Å². The zero-order chi connectivity index (χ0) is 15.0. The molecule has 0 aliphatic carbocycles. The molecule has 0 saturated heterocycles. The third-order valence-corrected chi connectivity index (χ3v) is 3.92. The summed E-state index contributed by atoms with van der Waals surface area (Å²) in [5, 5.41) is 10.3. The fourth-order valence-corrected chi connectivity index (χ4v) is 2.96. The molecule has 0 amide bonds. The standard InChI is InChI=1S/C17H17ClN2O/c1-3-9-20-16-14(18)5-4-6-15(16)19-17(20)13-8-7-12(21)10-11(13)2/h4-8,10,21H,3,9H2,1-2H3. The average Bonchev–Trinajstić information content (AvgIpc) is 2.79. The van der Waals surface area contributed by atoms with Crippen molar-refractivity contribution in [1.29, 1.82) is 0 Å². The second-order valence-corrected chi connectivity index (χ2v) is 5.60. The van der Waals surface area contributed by atoms with E-state index in [-0.39, 0.29) is 5.75 Å². The van der Waals surface area contributed by atoms with Crippen LogP contribution in [0.3, 0.4) is 0 Å². The third kappa shape index (κ3) is 2.38. The van der Waals surface area contributed by atoms with E-state index in [1.54, 1.807) is 12.1 Å². The van der Waals surface area contributed by atoms with Gasteiger partial charge in [0.25, 0.3) is 0 Å². The van der Waals surface area contributed by atoms with Crippen LogP contribution in [0.5, 0.6) is 5.75 Å². The molecule has 1 heterocycles. The first kappa shape index (κ1) is 14.0. The molecule has 21 heavy (non-hydrogen) atoms. The predicted molar refractivity (Wildman–Crippen MR) is 86.9 cm³/mol. The minimum Gasteiger partial charge on any atom is -0.508 e. The average molecular weight is 301 g/mol. The number of phenolic OH excluding ortho intramolecular Hbond substituents is 1. The largest absolute Gasteiger partial charge is 0.508 e. The minimum absolute atomic E-state index is 0.271. The van der Waals surface area contributed by atoms with Crippen molar-refractivity contribution in [3.05, 3.63) is 47.0 Å². The lowest BCUT2D eigenvalue weighted by Crippen LogP contribution is -2.01. The monoisotopic (exact) mass is 300 g/mol. The van der Waals surface area contributed by atoms with E-state index in [0.717, 1.165) is 46.0 Å². The fraction of sp³-hybridized carbons (Fsp3) is 0.235. The van der Waals surface area contributed by atoms with Crippen LogP contribution in [-0.4, -0.2) is 14.7 Å². The van der Waals surface area contributed by atoms with Crippen LogP contribution in [-0.2, 0) is 6.54 Å². The van der Waals surface area contributed by atoms with Gasteiger partial charge in [-0.25, -0.2) is 4.98 Å². The summed E-state index contributed by atoms with van der Waals surface area (Å²) in [6, 6.07) is 11.2. The van der Waals surface area contributed by atoms with Crippen LogP contribution < -0.4 is 0 Å². The first-order valence-corrected chi connectivity index (χ1v) is 7.44. The summed E-state index contributed by atoms with van der Waals surface area (Å²) >= 11 is 6.36. The van der Waals surface area contributed by atoms with Crippen LogP contribution in [0, 0.1) is 6.92 Å².